The molecule has 0 spiro atoms. The summed E-state index contributed by atoms with van der Waals surface area (Å²) in [6, 6.07) is 0.144. The zero-order valence-electron chi connectivity index (χ0n) is 10.1. The number of aliphatic hydroxyl groups is 2. The third-order valence-electron chi connectivity index (χ3n) is 2.13. The lowest BCUT2D eigenvalue weighted by Crippen LogP contribution is -2.43. The number of ether oxygens (including phenoxy) is 1. The predicted molar refractivity (Wildman–Crippen MR) is 62.1 cm³/mol. The van der Waals surface area contributed by atoms with Crippen molar-refractivity contribution < 1.29 is 14.9 Å². The van der Waals surface area contributed by atoms with E-state index in [0.717, 1.165) is 0 Å². The van der Waals surface area contributed by atoms with Crippen molar-refractivity contribution in [1.29, 1.82) is 0 Å². The average molecular weight is 243 g/mol. The number of methoxy groups -OCH3 is 1. The Labute approximate surface area is 99.1 Å². The molecule has 0 atom stereocenters. The molecule has 0 aliphatic heterocycles. The first-order valence-corrected chi connectivity index (χ1v) is 5.04. The number of anilines is 2. The number of aromatic nitrogens is 3. The summed E-state index contributed by atoms with van der Waals surface area (Å²) in [4.78, 5) is 11.9. The van der Waals surface area contributed by atoms with Crippen LogP contribution in [0.15, 0.2) is 0 Å². The molecule has 1 heterocycles. The number of aliphatic hydroxyl groups excluding tert-OH is 2. The van der Waals surface area contributed by atoms with Crippen molar-refractivity contribution in [1.82, 2.24) is 15.0 Å². The van der Waals surface area contributed by atoms with Gasteiger partial charge < -0.3 is 25.6 Å². The molecule has 0 fully saturated rings. The van der Waals surface area contributed by atoms with Gasteiger partial charge in [0.2, 0.25) is 11.9 Å². The van der Waals surface area contributed by atoms with Gasteiger partial charge in [0, 0.05) is 7.05 Å². The molecule has 0 saturated carbocycles. The lowest BCUT2D eigenvalue weighted by molar-refractivity contribution is 0.147. The Morgan fingerprint density at radius 1 is 1.18 bits per heavy atom. The zero-order chi connectivity index (χ0) is 12.9. The van der Waals surface area contributed by atoms with Gasteiger partial charge in [0.25, 0.3) is 0 Å². The van der Waals surface area contributed by atoms with Gasteiger partial charge in [-0.05, 0) is 6.92 Å². The van der Waals surface area contributed by atoms with E-state index in [2.05, 4.69) is 25.6 Å². The van der Waals surface area contributed by atoms with Crippen molar-refractivity contribution in [3.05, 3.63) is 0 Å². The van der Waals surface area contributed by atoms with Crippen molar-refractivity contribution in [3.63, 3.8) is 0 Å². The highest BCUT2D eigenvalue weighted by molar-refractivity contribution is 5.37. The van der Waals surface area contributed by atoms with E-state index in [0.29, 0.717) is 5.95 Å². The number of rotatable bonds is 6. The van der Waals surface area contributed by atoms with E-state index in [1.54, 1.807) is 14.0 Å². The van der Waals surface area contributed by atoms with E-state index in [1.807, 2.05) is 0 Å². The largest absolute Gasteiger partial charge is 0.467 e. The van der Waals surface area contributed by atoms with Gasteiger partial charge in [-0.1, -0.05) is 0 Å². The van der Waals surface area contributed by atoms with Gasteiger partial charge in [0.1, 0.15) is 0 Å². The minimum atomic E-state index is -0.905. The molecule has 0 aliphatic rings. The van der Waals surface area contributed by atoms with Crippen molar-refractivity contribution >= 4 is 11.9 Å². The van der Waals surface area contributed by atoms with E-state index in [1.165, 1.54) is 7.11 Å². The van der Waals surface area contributed by atoms with Crippen LogP contribution in [0.2, 0.25) is 0 Å². The van der Waals surface area contributed by atoms with Crippen molar-refractivity contribution in [2.24, 2.45) is 0 Å². The molecule has 1 aromatic rings. The van der Waals surface area contributed by atoms with Crippen LogP contribution >= 0.6 is 0 Å². The maximum atomic E-state index is 9.16. The molecule has 96 valence electrons. The minimum absolute atomic E-state index is 0.144. The molecule has 17 heavy (non-hydrogen) atoms. The standard InChI is InChI=1S/C9H17N5O3/c1-9(4-15,5-16)14-7-11-6(10-2)12-8(13-7)17-3/h15-16H,4-5H2,1-3H3,(H2,10,11,12,13,14). The molecule has 1 rings (SSSR count). The third kappa shape index (κ3) is 3.40. The second-order valence-corrected chi connectivity index (χ2v) is 3.72. The first-order chi connectivity index (χ1) is 8.06. The second kappa shape index (κ2) is 5.60. The van der Waals surface area contributed by atoms with Crippen LogP contribution < -0.4 is 15.4 Å². The molecule has 0 aliphatic carbocycles. The lowest BCUT2D eigenvalue weighted by Gasteiger charge is -2.26. The van der Waals surface area contributed by atoms with Crippen LogP contribution in [0.25, 0.3) is 0 Å². The maximum absolute atomic E-state index is 9.16. The Balaban J connectivity index is 2.97. The molecule has 1 aromatic heterocycles. The fraction of sp³-hybridized carbons (Fsp3) is 0.667. The van der Waals surface area contributed by atoms with Crippen molar-refractivity contribution in [3.8, 4) is 6.01 Å². The Morgan fingerprint density at radius 2 is 1.76 bits per heavy atom. The van der Waals surface area contributed by atoms with Crippen LogP contribution in [0.4, 0.5) is 11.9 Å². The number of hydrogen-bond donors (Lipinski definition) is 4. The molecule has 0 unspecified atom stereocenters. The van der Waals surface area contributed by atoms with Gasteiger partial charge in [-0.2, -0.15) is 15.0 Å². The summed E-state index contributed by atoms with van der Waals surface area (Å²) < 4.78 is 4.91. The highest BCUT2D eigenvalue weighted by atomic mass is 16.5. The summed E-state index contributed by atoms with van der Waals surface area (Å²) in [5.41, 5.74) is -0.905. The smallest absolute Gasteiger partial charge is 0.322 e. The molecule has 4 N–H and O–H groups in total. The van der Waals surface area contributed by atoms with Gasteiger partial charge in [-0.25, -0.2) is 0 Å². The average Bonchev–Trinajstić information content (AvgIpc) is 2.37. The van der Waals surface area contributed by atoms with Gasteiger partial charge >= 0.3 is 6.01 Å². The molecule has 0 saturated heterocycles. The van der Waals surface area contributed by atoms with Gasteiger partial charge in [0.15, 0.2) is 0 Å². The number of nitrogens with zero attached hydrogens (tertiary/aromatic N) is 3. The van der Waals surface area contributed by atoms with Gasteiger partial charge in [0.05, 0.1) is 25.9 Å². The molecular formula is C9H17N5O3. The zero-order valence-corrected chi connectivity index (χ0v) is 10.1. The van der Waals surface area contributed by atoms with Crippen LogP contribution in [-0.4, -0.2) is 58.1 Å². The van der Waals surface area contributed by atoms with Crippen LogP contribution in [0.3, 0.4) is 0 Å². The van der Waals surface area contributed by atoms with E-state index in [9.17, 15) is 0 Å². The summed E-state index contributed by atoms with van der Waals surface area (Å²) in [6.07, 6.45) is 0. The van der Waals surface area contributed by atoms with Crippen LogP contribution in [0, 0.1) is 0 Å². The van der Waals surface area contributed by atoms with Crippen LogP contribution in [0.5, 0.6) is 6.01 Å². The highest BCUT2D eigenvalue weighted by Crippen LogP contribution is 2.14. The Morgan fingerprint density at radius 3 is 2.24 bits per heavy atom. The van der Waals surface area contributed by atoms with Gasteiger partial charge in [-0.3, -0.25) is 0 Å². The molecule has 0 radical (unpaired) electrons. The lowest BCUT2D eigenvalue weighted by atomic mass is 10.1. The summed E-state index contributed by atoms with van der Waals surface area (Å²) in [5, 5.41) is 23.9. The Bertz CT molecular complexity index is 347. The second-order valence-electron chi connectivity index (χ2n) is 3.72. The van der Waals surface area contributed by atoms with Gasteiger partial charge in [-0.15, -0.1) is 0 Å². The van der Waals surface area contributed by atoms with E-state index < -0.39 is 5.54 Å². The molecule has 0 bridgehead atoms. The first kappa shape index (κ1) is 13.4. The third-order valence-corrected chi connectivity index (χ3v) is 2.13. The topological polar surface area (TPSA) is 112 Å². The monoisotopic (exact) mass is 243 g/mol. The van der Waals surface area contributed by atoms with Crippen molar-refractivity contribution in [2.45, 2.75) is 12.5 Å². The van der Waals surface area contributed by atoms with E-state index in [-0.39, 0.29) is 25.2 Å². The predicted octanol–water partition coefficient (Wildman–Crippen LogP) is -0.923. The summed E-state index contributed by atoms with van der Waals surface area (Å²) >= 11 is 0. The highest BCUT2D eigenvalue weighted by Gasteiger charge is 2.23. The molecule has 8 heteroatoms. The SMILES string of the molecule is CNc1nc(NC(C)(CO)CO)nc(OC)n1. The molecule has 8 nitrogen and oxygen atoms in total. The molecule has 0 aromatic carbocycles. The van der Waals surface area contributed by atoms with Crippen LogP contribution in [-0.2, 0) is 0 Å². The minimum Gasteiger partial charge on any atom is -0.467 e. The Hall–Kier alpha value is -1.67. The molecule has 0 amide bonds. The fourth-order valence-electron chi connectivity index (χ4n) is 1.01. The van der Waals surface area contributed by atoms with Crippen molar-refractivity contribution in [2.75, 3.05) is 38.0 Å². The number of hydrogen-bond acceptors (Lipinski definition) is 8. The fourth-order valence-corrected chi connectivity index (χ4v) is 1.01. The summed E-state index contributed by atoms with van der Waals surface area (Å²) in [6.45, 7) is 1.13. The maximum Gasteiger partial charge on any atom is 0.322 e. The first-order valence-electron chi connectivity index (χ1n) is 5.04. The Kier molecular flexibility index (Phi) is 4.41. The molecular weight excluding hydrogens is 226 g/mol. The normalized spacial score (nSPS) is 11.1. The van der Waals surface area contributed by atoms with E-state index in [4.69, 9.17) is 14.9 Å². The van der Waals surface area contributed by atoms with Crippen LogP contribution in [0.1, 0.15) is 6.92 Å². The summed E-state index contributed by atoms with van der Waals surface area (Å²) in [5.74, 6) is 0.546. The quantitative estimate of drug-likeness (QED) is 0.507. The van der Waals surface area contributed by atoms with E-state index >= 15 is 0 Å². The number of nitrogens with one attached hydrogen (secondary N) is 2. The summed E-state index contributed by atoms with van der Waals surface area (Å²) in [7, 11) is 3.10.